The average Bonchev–Trinajstić information content (AvgIpc) is 2.55. The Bertz CT molecular complexity index is 284. The van der Waals surface area contributed by atoms with Crippen molar-refractivity contribution in [2.24, 2.45) is 5.73 Å². The normalized spacial score (nSPS) is 37.1. The van der Waals surface area contributed by atoms with E-state index in [0.29, 0.717) is 12.2 Å². The van der Waals surface area contributed by atoms with Crippen LogP contribution in [0.1, 0.15) is 12.8 Å². The molecule has 3 unspecified atom stereocenters. The van der Waals surface area contributed by atoms with Gasteiger partial charge in [0.05, 0.1) is 11.4 Å². The van der Waals surface area contributed by atoms with Gasteiger partial charge in [-0.1, -0.05) is 0 Å². The lowest BCUT2D eigenvalue weighted by Gasteiger charge is -2.34. The second kappa shape index (κ2) is 3.43. The number of nitrogens with zero attached hydrogens (tertiary/aromatic N) is 1. The molecule has 2 fully saturated rings. The van der Waals surface area contributed by atoms with Crippen LogP contribution in [-0.2, 0) is 9.59 Å². The molecule has 0 saturated carbocycles. The van der Waals surface area contributed by atoms with E-state index in [1.807, 2.05) is 0 Å². The maximum absolute atomic E-state index is 11.6. The fourth-order valence-corrected chi connectivity index (χ4v) is 3.33. The molecular formula is C8H12N2O3S. The molecule has 6 heteroatoms. The van der Waals surface area contributed by atoms with Crippen molar-refractivity contribution in [1.82, 2.24) is 4.90 Å². The number of carboxylic acids is 1. The smallest absolute Gasteiger partial charge is 0.327 e. The van der Waals surface area contributed by atoms with E-state index >= 15 is 0 Å². The zero-order valence-electron chi connectivity index (χ0n) is 7.55. The molecule has 0 aromatic rings. The van der Waals surface area contributed by atoms with Gasteiger partial charge in [-0.05, 0) is 12.8 Å². The number of amides is 1. The third-order valence-corrected chi connectivity index (χ3v) is 4.03. The highest BCUT2D eigenvalue weighted by Gasteiger charge is 2.45. The van der Waals surface area contributed by atoms with E-state index in [-0.39, 0.29) is 11.3 Å². The average molecular weight is 216 g/mol. The number of piperidine rings is 1. The van der Waals surface area contributed by atoms with Crippen LogP contribution in [0.5, 0.6) is 0 Å². The molecule has 78 valence electrons. The third-order valence-electron chi connectivity index (χ3n) is 2.67. The van der Waals surface area contributed by atoms with Gasteiger partial charge in [-0.3, -0.25) is 4.79 Å². The van der Waals surface area contributed by atoms with Gasteiger partial charge < -0.3 is 15.7 Å². The predicted octanol–water partition coefficient (Wildman–Crippen LogP) is -0.538. The lowest BCUT2D eigenvalue weighted by atomic mass is 10.0. The summed E-state index contributed by atoms with van der Waals surface area (Å²) in [5, 5.41) is 8.94. The monoisotopic (exact) mass is 216 g/mol. The molecule has 1 amide bonds. The summed E-state index contributed by atoms with van der Waals surface area (Å²) in [6.45, 7) is 0. The summed E-state index contributed by atoms with van der Waals surface area (Å²) in [4.78, 5) is 24.0. The molecule has 3 atom stereocenters. The fourth-order valence-electron chi connectivity index (χ4n) is 1.91. The molecule has 0 aliphatic carbocycles. The van der Waals surface area contributed by atoms with Crippen LogP contribution in [0.2, 0.25) is 0 Å². The van der Waals surface area contributed by atoms with Gasteiger partial charge in [-0.2, -0.15) is 0 Å². The predicted molar refractivity (Wildman–Crippen MR) is 51.7 cm³/mol. The van der Waals surface area contributed by atoms with Crippen LogP contribution >= 0.6 is 11.8 Å². The number of thioether (sulfide) groups is 1. The van der Waals surface area contributed by atoms with E-state index in [0.717, 1.165) is 6.42 Å². The molecule has 0 bridgehead atoms. The van der Waals surface area contributed by atoms with Crippen molar-refractivity contribution in [3.63, 3.8) is 0 Å². The standard InChI is InChI=1S/C8H12N2O3S/c9-4-1-2-6-10(7(4)11)5(3-14-6)8(12)13/h4-6H,1-3,9H2,(H,12,13). The number of aliphatic carboxylic acids is 1. The minimum Gasteiger partial charge on any atom is -0.480 e. The first-order valence-electron chi connectivity index (χ1n) is 4.53. The van der Waals surface area contributed by atoms with Crippen LogP contribution in [0.3, 0.4) is 0 Å². The Balaban J connectivity index is 2.20. The molecule has 3 N–H and O–H groups in total. The Kier molecular flexibility index (Phi) is 2.40. The Morgan fingerprint density at radius 1 is 1.57 bits per heavy atom. The van der Waals surface area contributed by atoms with Gasteiger partial charge >= 0.3 is 5.97 Å². The van der Waals surface area contributed by atoms with Gasteiger partial charge in [0, 0.05) is 5.75 Å². The van der Waals surface area contributed by atoms with Crippen molar-refractivity contribution in [3.05, 3.63) is 0 Å². The summed E-state index contributed by atoms with van der Waals surface area (Å²) in [5.41, 5.74) is 5.60. The van der Waals surface area contributed by atoms with E-state index in [2.05, 4.69) is 0 Å². The van der Waals surface area contributed by atoms with E-state index in [4.69, 9.17) is 10.8 Å². The van der Waals surface area contributed by atoms with Gasteiger partial charge in [-0.15, -0.1) is 11.8 Å². The molecule has 2 aliphatic rings. The fraction of sp³-hybridized carbons (Fsp3) is 0.750. The van der Waals surface area contributed by atoms with Crippen molar-refractivity contribution in [1.29, 1.82) is 0 Å². The number of hydrogen-bond acceptors (Lipinski definition) is 4. The second-order valence-electron chi connectivity index (χ2n) is 3.57. The molecule has 2 aliphatic heterocycles. The number of fused-ring (bicyclic) bond motifs is 1. The number of carbonyl (C=O) groups excluding carboxylic acids is 1. The highest BCUT2D eigenvalue weighted by molar-refractivity contribution is 8.00. The number of carbonyl (C=O) groups is 2. The molecule has 0 spiro atoms. The Morgan fingerprint density at radius 2 is 2.29 bits per heavy atom. The molecule has 2 saturated heterocycles. The van der Waals surface area contributed by atoms with Crippen LogP contribution in [0.25, 0.3) is 0 Å². The Hall–Kier alpha value is -0.750. The molecule has 0 aromatic carbocycles. The molecule has 14 heavy (non-hydrogen) atoms. The van der Waals surface area contributed by atoms with Crippen molar-refractivity contribution in [2.45, 2.75) is 30.3 Å². The minimum atomic E-state index is -0.928. The minimum absolute atomic E-state index is 0.0309. The van der Waals surface area contributed by atoms with Crippen molar-refractivity contribution >= 4 is 23.6 Å². The molecule has 2 heterocycles. The summed E-state index contributed by atoms with van der Waals surface area (Å²) in [7, 11) is 0. The van der Waals surface area contributed by atoms with Gasteiger partial charge in [0.1, 0.15) is 6.04 Å². The summed E-state index contributed by atoms with van der Waals surface area (Å²) in [6.07, 6.45) is 1.47. The lowest BCUT2D eigenvalue weighted by Crippen LogP contribution is -2.55. The van der Waals surface area contributed by atoms with Crippen LogP contribution in [0, 0.1) is 0 Å². The van der Waals surface area contributed by atoms with Crippen LogP contribution in [0.15, 0.2) is 0 Å². The summed E-state index contributed by atoms with van der Waals surface area (Å²) in [5.74, 6) is -0.653. The molecule has 0 aromatic heterocycles. The maximum Gasteiger partial charge on any atom is 0.327 e. The first-order valence-corrected chi connectivity index (χ1v) is 5.58. The Labute approximate surface area is 85.6 Å². The molecule has 5 nitrogen and oxygen atoms in total. The van der Waals surface area contributed by atoms with E-state index in [1.165, 1.54) is 16.7 Å². The van der Waals surface area contributed by atoms with E-state index < -0.39 is 18.1 Å². The zero-order chi connectivity index (χ0) is 10.3. The summed E-state index contributed by atoms with van der Waals surface area (Å²) < 4.78 is 0. The van der Waals surface area contributed by atoms with Crippen molar-refractivity contribution in [3.8, 4) is 0 Å². The summed E-state index contributed by atoms with van der Waals surface area (Å²) >= 11 is 1.54. The van der Waals surface area contributed by atoms with Crippen molar-refractivity contribution in [2.75, 3.05) is 5.75 Å². The quantitative estimate of drug-likeness (QED) is 0.615. The zero-order valence-corrected chi connectivity index (χ0v) is 8.37. The van der Waals surface area contributed by atoms with Gasteiger partial charge in [0.15, 0.2) is 0 Å². The highest BCUT2D eigenvalue weighted by Crippen LogP contribution is 2.35. The first-order chi connectivity index (χ1) is 6.61. The SMILES string of the molecule is NC1CCC2SCC(C(=O)O)N2C1=O. The molecule has 2 rings (SSSR count). The van der Waals surface area contributed by atoms with Gasteiger partial charge in [0.2, 0.25) is 5.91 Å². The molecule has 0 radical (unpaired) electrons. The van der Waals surface area contributed by atoms with Crippen LogP contribution < -0.4 is 5.73 Å². The summed E-state index contributed by atoms with van der Waals surface area (Å²) in [6, 6.07) is -1.18. The van der Waals surface area contributed by atoms with Gasteiger partial charge in [-0.25, -0.2) is 4.79 Å². The number of hydrogen-bond donors (Lipinski definition) is 2. The van der Waals surface area contributed by atoms with E-state index in [1.54, 1.807) is 0 Å². The van der Waals surface area contributed by atoms with Crippen molar-refractivity contribution < 1.29 is 14.7 Å². The molecular weight excluding hydrogens is 204 g/mol. The van der Waals surface area contributed by atoms with Crippen LogP contribution in [-0.4, -0.2) is 45.1 Å². The van der Waals surface area contributed by atoms with E-state index in [9.17, 15) is 9.59 Å². The first kappa shape index (κ1) is 9.79. The third kappa shape index (κ3) is 1.38. The second-order valence-corrected chi connectivity index (χ2v) is 4.78. The Morgan fingerprint density at radius 3 is 2.93 bits per heavy atom. The lowest BCUT2D eigenvalue weighted by molar-refractivity contribution is -0.151. The maximum atomic E-state index is 11.6. The number of rotatable bonds is 1. The number of carboxylic acid groups (broad SMARTS) is 1. The number of nitrogens with two attached hydrogens (primary N) is 1. The highest BCUT2D eigenvalue weighted by atomic mass is 32.2. The largest absolute Gasteiger partial charge is 0.480 e. The van der Waals surface area contributed by atoms with Crippen LogP contribution in [0.4, 0.5) is 0 Å². The topological polar surface area (TPSA) is 83.6 Å². The van der Waals surface area contributed by atoms with Gasteiger partial charge in [0.25, 0.3) is 0 Å².